The second kappa shape index (κ2) is 11.7. The van der Waals surface area contributed by atoms with E-state index in [-0.39, 0.29) is 35.3 Å². The van der Waals surface area contributed by atoms with E-state index in [4.69, 9.17) is 4.74 Å². The first-order valence-electron chi connectivity index (χ1n) is 14.4. The van der Waals surface area contributed by atoms with E-state index < -0.39 is 0 Å². The van der Waals surface area contributed by atoms with Gasteiger partial charge in [-0.3, -0.25) is 19.4 Å². The molecule has 3 aromatic rings. The maximum Gasteiger partial charge on any atom is 0.409 e. The Morgan fingerprint density at radius 2 is 1.76 bits per heavy atom. The summed E-state index contributed by atoms with van der Waals surface area (Å²) in [5.74, 6) is -0.00245. The minimum atomic E-state index is -0.367. The minimum Gasteiger partial charge on any atom is -0.450 e. The number of pyridine rings is 2. The fourth-order valence-electron chi connectivity index (χ4n) is 6.32. The third-order valence-electron chi connectivity index (χ3n) is 8.33. The summed E-state index contributed by atoms with van der Waals surface area (Å²) in [6.45, 7) is 5.74. The number of hydrogen-bond acceptors (Lipinski definition) is 7. The summed E-state index contributed by atoms with van der Waals surface area (Å²) in [6.07, 6.45) is 3.76. The van der Waals surface area contributed by atoms with Crippen LogP contribution in [0.4, 0.5) is 16.2 Å². The van der Waals surface area contributed by atoms with Crippen molar-refractivity contribution in [3.8, 4) is 0 Å². The van der Waals surface area contributed by atoms with Gasteiger partial charge in [-0.15, -0.1) is 0 Å². The molecule has 2 unspecified atom stereocenters. The van der Waals surface area contributed by atoms with E-state index in [0.29, 0.717) is 62.7 Å². The summed E-state index contributed by atoms with van der Waals surface area (Å²) in [6, 6.07) is 14.3. The topological polar surface area (TPSA) is 117 Å². The van der Waals surface area contributed by atoms with Crippen LogP contribution < -0.4 is 15.8 Å². The molecule has 2 bridgehead atoms. The zero-order valence-electron chi connectivity index (χ0n) is 23.6. The molecular weight excluding hydrogens is 536 g/mol. The molecule has 2 saturated heterocycles. The van der Waals surface area contributed by atoms with Gasteiger partial charge in [0.25, 0.3) is 17.4 Å². The van der Waals surface area contributed by atoms with Gasteiger partial charge >= 0.3 is 6.09 Å². The van der Waals surface area contributed by atoms with Gasteiger partial charge in [-0.05, 0) is 55.7 Å². The molecule has 2 atom stereocenters. The molecule has 2 aromatic heterocycles. The molecule has 5 heterocycles. The highest BCUT2D eigenvalue weighted by atomic mass is 16.6. The summed E-state index contributed by atoms with van der Waals surface area (Å²) in [4.78, 5) is 61.0. The Morgan fingerprint density at radius 1 is 0.952 bits per heavy atom. The summed E-state index contributed by atoms with van der Waals surface area (Å²) in [5, 5.41) is 3.04. The molecule has 218 valence electrons. The Balaban J connectivity index is 1.27. The van der Waals surface area contributed by atoms with Crippen molar-refractivity contribution in [3.63, 3.8) is 0 Å². The van der Waals surface area contributed by atoms with Crippen molar-refractivity contribution in [3.05, 3.63) is 88.1 Å². The van der Waals surface area contributed by atoms with E-state index in [1.165, 1.54) is 6.20 Å². The molecule has 1 aromatic carbocycles. The van der Waals surface area contributed by atoms with Gasteiger partial charge in [-0.1, -0.05) is 6.07 Å². The number of aromatic nitrogens is 2. The molecule has 3 aliphatic heterocycles. The second-order valence-electron chi connectivity index (χ2n) is 11.0. The number of anilines is 2. The van der Waals surface area contributed by atoms with Crippen LogP contribution in [0.1, 0.15) is 45.7 Å². The van der Waals surface area contributed by atoms with Crippen LogP contribution in [0.5, 0.6) is 0 Å². The van der Waals surface area contributed by atoms with Crippen molar-refractivity contribution in [2.75, 3.05) is 56.1 Å². The predicted molar refractivity (Wildman–Crippen MR) is 157 cm³/mol. The SMILES string of the molecule is CCOC(=O)N1CCN(C(=O)c2ccc(N3CC4CC(C3)c3cccc(=O)n3C4)c(NC(=O)c3cccnc3)c2)CC1. The molecule has 11 heteroatoms. The lowest BCUT2D eigenvalue weighted by molar-refractivity contribution is 0.0570. The van der Waals surface area contributed by atoms with Crippen LogP contribution in [0, 0.1) is 5.92 Å². The molecule has 2 fully saturated rings. The van der Waals surface area contributed by atoms with E-state index in [0.717, 1.165) is 24.3 Å². The summed E-state index contributed by atoms with van der Waals surface area (Å²) in [7, 11) is 0. The second-order valence-corrected chi connectivity index (χ2v) is 11.0. The average Bonchev–Trinajstić information content (AvgIpc) is 3.02. The van der Waals surface area contributed by atoms with E-state index in [2.05, 4.69) is 15.2 Å². The van der Waals surface area contributed by atoms with E-state index in [9.17, 15) is 19.2 Å². The Morgan fingerprint density at radius 3 is 2.52 bits per heavy atom. The molecule has 0 saturated carbocycles. The van der Waals surface area contributed by atoms with Gasteiger partial charge in [-0.2, -0.15) is 0 Å². The largest absolute Gasteiger partial charge is 0.450 e. The minimum absolute atomic E-state index is 0.0334. The number of carbonyl (C=O) groups excluding carboxylic acids is 3. The zero-order valence-corrected chi connectivity index (χ0v) is 23.6. The molecule has 3 aliphatic rings. The number of ether oxygens (including phenoxy) is 1. The van der Waals surface area contributed by atoms with E-state index in [1.54, 1.807) is 53.3 Å². The van der Waals surface area contributed by atoms with Crippen molar-refractivity contribution in [2.45, 2.75) is 25.8 Å². The first kappa shape index (κ1) is 27.5. The highest BCUT2D eigenvalue weighted by molar-refractivity contribution is 6.07. The number of hydrogen-bond donors (Lipinski definition) is 1. The number of nitrogens with zero attached hydrogens (tertiary/aromatic N) is 5. The van der Waals surface area contributed by atoms with Gasteiger partial charge in [-0.25, -0.2) is 4.79 Å². The van der Waals surface area contributed by atoms with E-state index >= 15 is 0 Å². The first-order chi connectivity index (χ1) is 20.4. The summed E-state index contributed by atoms with van der Waals surface area (Å²) in [5.41, 5.74) is 3.32. The fourth-order valence-corrected chi connectivity index (χ4v) is 6.32. The standard InChI is InChI=1S/C31H34N6O5/c1-2-42-31(41)35-13-11-34(12-14-35)30(40)22-8-9-27(25(16-22)33-29(39)23-5-4-10-32-17-23)36-18-21-15-24(20-36)26-6-3-7-28(38)37(26)19-21/h3-10,16-17,21,24H,2,11-15,18-20H2,1H3,(H,33,39). The number of rotatable bonds is 5. The van der Waals surface area contributed by atoms with Gasteiger partial charge in [0.05, 0.1) is 23.5 Å². The molecule has 0 aliphatic carbocycles. The quantitative estimate of drug-likeness (QED) is 0.501. The van der Waals surface area contributed by atoms with Crippen LogP contribution in [0.25, 0.3) is 0 Å². The lowest BCUT2D eigenvalue weighted by Gasteiger charge is -2.44. The van der Waals surface area contributed by atoms with Gasteiger partial charge < -0.3 is 29.3 Å². The third-order valence-corrected chi connectivity index (χ3v) is 8.33. The van der Waals surface area contributed by atoms with Crippen molar-refractivity contribution in [1.82, 2.24) is 19.4 Å². The van der Waals surface area contributed by atoms with Gasteiger partial charge in [0.15, 0.2) is 0 Å². The normalized spacial score (nSPS) is 19.6. The van der Waals surface area contributed by atoms with Crippen LogP contribution in [0.15, 0.2) is 65.7 Å². The summed E-state index contributed by atoms with van der Waals surface area (Å²) < 4.78 is 6.99. The predicted octanol–water partition coefficient (Wildman–Crippen LogP) is 3.03. The van der Waals surface area contributed by atoms with Gasteiger partial charge in [0, 0.05) is 81.4 Å². The highest BCUT2D eigenvalue weighted by Crippen LogP contribution is 2.39. The molecular formula is C31H34N6O5. The number of nitrogens with one attached hydrogen (secondary N) is 1. The molecule has 6 rings (SSSR count). The average molecular weight is 571 g/mol. The Kier molecular flexibility index (Phi) is 7.64. The number of fused-ring (bicyclic) bond motifs is 4. The zero-order chi connectivity index (χ0) is 29.2. The fraction of sp³-hybridized carbons (Fsp3) is 0.387. The van der Waals surface area contributed by atoms with Crippen LogP contribution in [-0.2, 0) is 11.3 Å². The van der Waals surface area contributed by atoms with Crippen LogP contribution in [0.2, 0.25) is 0 Å². The maximum atomic E-state index is 13.5. The number of carbonyl (C=O) groups is 3. The molecule has 0 spiro atoms. The Labute approximate surface area is 243 Å². The Hall–Kier alpha value is -4.67. The third kappa shape index (κ3) is 5.46. The monoisotopic (exact) mass is 570 g/mol. The van der Waals surface area contributed by atoms with Crippen molar-refractivity contribution < 1.29 is 19.1 Å². The lowest BCUT2D eigenvalue weighted by Crippen LogP contribution is -2.50. The molecule has 0 radical (unpaired) electrons. The van der Waals surface area contributed by atoms with Gasteiger partial charge in [0.1, 0.15) is 0 Å². The molecule has 11 nitrogen and oxygen atoms in total. The highest BCUT2D eigenvalue weighted by Gasteiger charge is 2.35. The van der Waals surface area contributed by atoms with Crippen LogP contribution in [0.3, 0.4) is 0 Å². The van der Waals surface area contributed by atoms with Crippen LogP contribution >= 0.6 is 0 Å². The number of piperidine rings is 1. The van der Waals surface area contributed by atoms with Gasteiger partial charge in [0.2, 0.25) is 0 Å². The van der Waals surface area contributed by atoms with Crippen molar-refractivity contribution in [1.29, 1.82) is 0 Å². The lowest BCUT2D eigenvalue weighted by atomic mass is 9.83. The Bertz CT molecular complexity index is 1550. The maximum absolute atomic E-state index is 13.5. The summed E-state index contributed by atoms with van der Waals surface area (Å²) >= 11 is 0. The molecule has 3 amide bonds. The van der Waals surface area contributed by atoms with Crippen molar-refractivity contribution >= 4 is 29.3 Å². The van der Waals surface area contributed by atoms with E-state index in [1.807, 2.05) is 22.8 Å². The number of piperazine rings is 1. The molecule has 1 N–H and O–H groups in total. The van der Waals surface area contributed by atoms with Crippen molar-refractivity contribution in [2.24, 2.45) is 5.92 Å². The van der Waals surface area contributed by atoms with Crippen LogP contribution in [-0.4, -0.2) is 83.1 Å². The first-order valence-corrected chi connectivity index (χ1v) is 14.4. The number of amides is 3. The smallest absolute Gasteiger partial charge is 0.409 e. The molecule has 42 heavy (non-hydrogen) atoms. The number of benzene rings is 1.